The van der Waals surface area contributed by atoms with Crippen molar-refractivity contribution in [3.05, 3.63) is 59.4 Å². The molecule has 2 rings (SSSR count). The van der Waals surface area contributed by atoms with Crippen molar-refractivity contribution in [3.63, 3.8) is 0 Å². The molecule has 0 fully saturated rings. The van der Waals surface area contributed by atoms with Gasteiger partial charge in [0.05, 0.1) is 0 Å². The van der Waals surface area contributed by atoms with Gasteiger partial charge in [0.15, 0.2) is 0 Å². The van der Waals surface area contributed by atoms with Gasteiger partial charge in [-0.1, -0.05) is 26.0 Å². The molecule has 17 heavy (non-hydrogen) atoms. The molecule has 0 aliphatic carbocycles. The molecule has 0 spiro atoms. The van der Waals surface area contributed by atoms with Gasteiger partial charge < -0.3 is 0 Å². The fraction of sp³-hybridized carbons (Fsp3) is 0.286. The highest BCUT2D eigenvalue weighted by atomic mass is 19.1. The van der Waals surface area contributed by atoms with Crippen LogP contribution in [-0.4, -0.2) is 9.97 Å². The molecule has 1 aromatic carbocycles. The highest BCUT2D eigenvalue weighted by molar-refractivity contribution is 5.23. The zero-order valence-electron chi connectivity index (χ0n) is 10.0. The first-order valence-corrected chi connectivity index (χ1v) is 5.70. The number of nitrogens with zero attached hydrogens (tertiary/aromatic N) is 2. The number of benzene rings is 1. The standard InChI is InChI=1S/C14H15FN2/c1-10(2)14-16-8-12(9-17-14)7-11-3-5-13(15)6-4-11/h3-6,8-10H,7H2,1-2H3. The molecular weight excluding hydrogens is 215 g/mol. The van der Waals surface area contributed by atoms with E-state index >= 15 is 0 Å². The van der Waals surface area contributed by atoms with Crippen LogP contribution in [0.25, 0.3) is 0 Å². The second-order valence-corrected chi connectivity index (χ2v) is 4.41. The minimum atomic E-state index is -0.208. The van der Waals surface area contributed by atoms with Crippen LogP contribution in [0.3, 0.4) is 0 Å². The van der Waals surface area contributed by atoms with Crippen LogP contribution in [0.4, 0.5) is 4.39 Å². The van der Waals surface area contributed by atoms with Crippen molar-refractivity contribution in [2.24, 2.45) is 0 Å². The second kappa shape index (κ2) is 5.04. The smallest absolute Gasteiger partial charge is 0.130 e. The van der Waals surface area contributed by atoms with Crippen LogP contribution in [-0.2, 0) is 6.42 Å². The molecule has 0 saturated carbocycles. The highest BCUT2D eigenvalue weighted by Gasteiger charge is 2.03. The maximum atomic E-state index is 12.7. The molecule has 0 unspecified atom stereocenters. The first-order valence-electron chi connectivity index (χ1n) is 5.70. The van der Waals surface area contributed by atoms with Gasteiger partial charge in [-0.25, -0.2) is 14.4 Å². The summed E-state index contributed by atoms with van der Waals surface area (Å²) in [5.41, 5.74) is 2.10. The van der Waals surface area contributed by atoms with Gasteiger partial charge in [0.25, 0.3) is 0 Å². The van der Waals surface area contributed by atoms with Crippen molar-refractivity contribution >= 4 is 0 Å². The van der Waals surface area contributed by atoms with Crippen LogP contribution in [0, 0.1) is 5.82 Å². The van der Waals surface area contributed by atoms with Gasteiger partial charge in [0.2, 0.25) is 0 Å². The van der Waals surface area contributed by atoms with Crippen molar-refractivity contribution in [2.45, 2.75) is 26.2 Å². The molecule has 2 aromatic rings. The topological polar surface area (TPSA) is 25.8 Å². The van der Waals surface area contributed by atoms with Crippen LogP contribution in [0.1, 0.15) is 36.7 Å². The van der Waals surface area contributed by atoms with Gasteiger partial charge in [0.1, 0.15) is 11.6 Å². The molecule has 0 N–H and O–H groups in total. The quantitative estimate of drug-likeness (QED) is 0.808. The lowest BCUT2D eigenvalue weighted by atomic mass is 10.1. The molecule has 0 aliphatic rings. The molecule has 1 heterocycles. The summed E-state index contributed by atoms with van der Waals surface area (Å²) in [4.78, 5) is 8.61. The summed E-state index contributed by atoms with van der Waals surface area (Å²) in [7, 11) is 0. The third kappa shape index (κ3) is 3.09. The Bertz CT molecular complexity index is 475. The fourth-order valence-electron chi connectivity index (χ4n) is 1.59. The molecule has 88 valence electrons. The Balaban J connectivity index is 2.11. The van der Waals surface area contributed by atoms with Crippen molar-refractivity contribution in [3.8, 4) is 0 Å². The first-order chi connectivity index (χ1) is 8.15. The summed E-state index contributed by atoms with van der Waals surface area (Å²) in [6, 6.07) is 6.51. The average molecular weight is 230 g/mol. The van der Waals surface area contributed by atoms with Crippen LogP contribution in [0.5, 0.6) is 0 Å². The molecule has 0 saturated heterocycles. The molecule has 1 aromatic heterocycles. The summed E-state index contributed by atoms with van der Waals surface area (Å²) in [6.07, 6.45) is 4.41. The Hall–Kier alpha value is -1.77. The third-order valence-electron chi connectivity index (χ3n) is 2.56. The van der Waals surface area contributed by atoms with E-state index in [1.165, 1.54) is 12.1 Å². The Kier molecular flexibility index (Phi) is 3.47. The lowest BCUT2D eigenvalue weighted by Gasteiger charge is -2.05. The first kappa shape index (κ1) is 11.7. The van der Waals surface area contributed by atoms with Crippen LogP contribution in [0.15, 0.2) is 36.7 Å². The largest absolute Gasteiger partial charge is 0.241 e. The summed E-state index contributed by atoms with van der Waals surface area (Å²) < 4.78 is 12.7. The maximum Gasteiger partial charge on any atom is 0.130 e. The minimum absolute atomic E-state index is 0.208. The number of aromatic nitrogens is 2. The van der Waals surface area contributed by atoms with Gasteiger partial charge in [-0.2, -0.15) is 0 Å². The Morgan fingerprint density at radius 1 is 1.00 bits per heavy atom. The van der Waals surface area contributed by atoms with E-state index in [9.17, 15) is 4.39 Å². The fourth-order valence-corrected chi connectivity index (χ4v) is 1.59. The SMILES string of the molecule is CC(C)c1ncc(Cc2ccc(F)cc2)cn1. The van der Waals surface area contributed by atoms with E-state index in [0.29, 0.717) is 5.92 Å². The van der Waals surface area contributed by atoms with E-state index in [0.717, 1.165) is 23.4 Å². The molecule has 0 radical (unpaired) electrons. The Morgan fingerprint density at radius 3 is 2.12 bits per heavy atom. The molecule has 2 nitrogen and oxygen atoms in total. The van der Waals surface area contributed by atoms with Gasteiger partial charge in [-0.15, -0.1) is 0 Å². The van der Waals surface area contributed by atoms with E-state index in [1.54, 1.807) is 12.1 Å². The number of halogens is 1. The van der Waals surface area contributed by atoms with E-state index in [1.807, 2.05) is 12.4 Å². The Morgan fingerprint density at radius 2 is 1.59 bits per heavy atom. The van der Waals surface area contributed by atoms with Crippen LogP contribution in [0.2, 0.25) is 0 Å². The van der Waals surface area contributed by atoms with Crippen LogP contribution >= 0.6 is 0 Å². The lowest BCUT2D eigenvalue weighted by molar-refractivity contribution is 0.627. The van der Waals surface area contributed by atoms with Gasteiger partial charge in [-0.3, -0.25) is 0 Å². The third-order valence-corrected chi connectivity index (χ3v) is 2.56. The molecular formula is C14H15FN2. The van der Waals surface area contributed by atoms with Crippen molar-refractivity contribution in [1.29, 1.82) is 0 Å². The Labute approximate surface area is 101 Å². The predicted octanol–water partition coefficient (Wildman–Crippen LogP) is 3.33. The van der Waals surface area contributed by atoms with Crippen LogP contribution < -0.4 is 0 Å². The monoisotopic (exact) mass is 230 g/mol. The number of hydrogen-bond donors (Lipinski definition) is 0. The van der Waals surface area contributed by atoms with Gasteiger partial charge in [0, 0.05) is 24.7 Å². The van der Waals surface area contributed by atoms with E-state index in [2.05, 4.69) is 23.8 Å². The average Bonchev–Trinajstić information content (AvgIpc) is 2.33. The second-order valence-electron chi connectivity index (χ2n) is 4.41. The number of hydrogen-bond acceptors (Lipinski definition) is 2. The van der Waals surface area contributed by atoms with E-state index in [-0.39, 0.29) is 5.82 Å². The minimum Gasteiger partial charge on any atom is -0.241 e. The molecule has 0 atom stereocenters. The van der Waals surface area contributed by atoms with E-state index < -0.39 is 0 Å². The van der Waals surface area contributed by atoms with Gasteiger partial charge in [-0.05, 0) is 23.3 Å². The molecule has 0 bridgehead atoms. The molecule has 3 heteroatoms. The summed E-state index contributed by atoms with van der Waals surface area (Å²) in [5, 5.41) is 0. The van der Waals surface area contributed by atoms with E-state index in [4.69, 9.17) is 0 Å². The summed E-state index contributed by atoms with van der Waals surface area (Å²) in [5.74, 6) is 0.989. The summed E-state index contributed by atoms with van der Waals surface area (Å²) in [6.45, 7) is 4.13. The highest BCUT2D eigenvalue weighted by Crippen LogP contribution is 2.11. The molecule has 0 amide bonds. The van der Waals surface area contributed by atoms with Crippen molar-refractivity contribution in [1.82, 2.24) is 9.97 Å². The lowest BCUT2D eigenvalue weighted by Crippen LogP contribution is -1.99. The zero-order valence-corrected chi connectivity index (χ0v) is 10.0. The summed E-state index contributed by atoms with van der Waals surface area (Å²) >= 11 is 0. The van der Waals surface area contributed by atoms with Crippen molar-refractivity contribution in [2.75, 3.05) is 0 Å². The van der Waals surface area contributed by atoms with Crippen molar-refractivity contribution < 1.29 is 4.39 Å². The zero-order chi connectivity index (χ0) is 12.3. The van der Waals surface area contributed by atoms with Gasteiger partial charge >= 0.3 is 0 Å². The predicted molar refractivity (Wildman–Crippen MR) is 65.3 cm³/mol. The maximum absolute atomic E-state index is 12.7. The molecule has 0 aliphatic heterocycles. The normalized spacial score (nSPS) is 10.8. The number of rotatable bonds is 3.